The second-order valence-corrected chi connectivity index (χ2v) is 5.83. The number of benzene rings is 2. The van der Waals surface area contributed by atoms with Gasteiger partial charge in [-0.2, -0.15) is 0 Å². The van der Waals surface area contributed by atoms with Crippen molar-refractivity contribution in [1.82, 2.24) is 4.90 Å². The summed E-state index contributed by atoms with van der Waals surface area (Å²) in [5, 5.41) is 5.92. The highest BCUT2D eigenvalue weighted by atomic mass is 16.2. The lowest BCUT2D eigenvalue weighted by atomic mass is 10.1. The fourth-order valence-electron chi connectivity index (χ4n) is 2.53. The second kappa shape index (κ2) is 8.87. The van der Waals surface area contributed by atoms with Gasteiger partial charge in [0.1, 0.15) is 0 Å². The van der Waals surface area contributed by atoms with Gasteiger partial charge in [0.2, 0.25) is 5.91 Å². The van der Waals surface area contributed by atoms with E-state index >= 15 is 0 Å². The van der Waals surface area contributed by atoms with Crippen molar-refractivity contribution in [2.45, 2.75) is 20.8 Å². The molecule has 5 heteroatoms. The van der Waals surface area contributed by atoms with E-state index in [2.05, 4.69) is 10.6 Å². The molecular weight excluding hydrogens is 314 g/mol. The number of rotatable bonds is 7. The van der Waals surface area contributed by atoms with Crippen LogP contribution < -0.4 is 10.6 Å². The van der Waals surface area contributed by atoms with Crippen LogP contribution in [0.3, 0.4) is 0 Å². The van der Waals surface area contributed by atoms with Crippen molar-refractivity contribution in [2.24, 2.45) is 0 Å². The molecule has 2 aromatic carbocycles. The third-order valence-corrected chi connectivity index (χ3v) is 3.94. The van der Waals surface area contributed by atoms with Crippen LogP contribution in [0.2, 0.25) is 0 Å². The molecule has 0 aromatic heterocycles. The molecule has 0 fully saturated rings. The lowest BCUT2D eigenvalue weighted by Crippen LogP contribution is -2.30. The number of carbonyl (C=O) groups is 2. The maximum absolute atomic E-state index is 12.3. The van der Waals surface area contributed by atoms with Crippen molar-refractivity contribution in [3.8, 4) is 0 Å². The van der Waals surface area contributed by atoms with E-state index in [0.717, 1.165) is 16.9 Å². The smallest absolute Gasteiger partial charge is 0.253 e. The molecule has 0 heterocycles. The van der Waals surface area contributed by atoms with Crippen LogP contribution in [-0.4, -0.2) is 36.3 Å². The molecule has 2 amide bonds. The Kier molecular flexibility index (Phi) is 6.57. The predicted molar refractivity (Wildman–Crippen MR) is 102 cm³/mol. The highest BCUT2D eigenvalue weighted by molar-refractivity contribution is 5.95. The molecular formula is C20H25N3O2. The van der Waals surface area contributed by atoms with Crippen molar-refractivity contribution >= 4 is 23.2 Å². The third-order valence-electron chi connectivity index (χ3n) is 3.94. The highest BCUT2D eigenvalue weighted by Crippen LogP contribution is 2.12. The van der Waals surface area contributed by atoms with Crippen LogP contribution in [0, 0.1) is 6.92 Å². The molecule has 0 atom stereocenters. The van der Waals surface area contributed by atoms with E-state index in [1.165, 1.54) is 0 Å². The van der Waals surface area contributed by atoms with Gasteiger partial charge >= 0.3 is 0 Å². The number of carbonyl (C=O) groups excluding carboxylic acids is 2. The van der Waals surface area contributed by atoms with E-state index in [1.807, 2.05) is 57.2 Å². The molecule has 0 radical (unpaired) electrons. The minimum Gasteiger partial charge on any atom is -0.376 e. The molecule has 132 valence electrons. The molecule has 0 unspecified atom stereocenters. The van der Waals surface area contributed by atoms with Crippen molar-refractivity contribution in [3.05, 3.63) is 59.7 Å². The highest BCUT2D eigenvalue weighted by Gasteiger charge is 2.12. The average molecular weight is 339 g/mol. The maximum Gasteiger partial charge on any atom is 0.253 e. The van der Waals surface area contributed by atoms with Gasteiger partial charge in [-0.25, -0.2) is 0 Å². The van der Waals surface area contributed by atoms with E-state index in [9.17, 15) is 9.59 Å². The van der Waals surface area contributed by atoms with E-state index in [1.54, 1.807) is 17.0 Å². The second-order valence-electron chi connectivity index (χ2n) is 5.83. The zero-order valence-electron chi connectivity index (χ0n) is 15.0. The largest absolute Gasteiger partial charge is 0.376 e. The van der Waals surface area contributed by atoms with Crippen LogP contribution in [0.4, 0.5) is 11.4 Å². The van der Waals surface area contributed by atoms with Gasteiger partial charge in [0.25, 0.3) is 5.91 Å². The van der Waals surface area contributed by atoms with Crippen molar-refractivity contribution in [3.63, 3.8) is 0 Å². The molecule has 0 saturated heterocycles. The first-order valence-electron chi connectivity index (χ1n) is 8.53. The van der Waals surface area contributed by atoms with Crippen LogP contribution in [0.25, 0.3) is 0 Å². The SMILES string of the molecule is CCN(CC)C(=O)c1ccc(NCC(=O)Nc2cccc(C)c2)cc1. The summed E-state index contributed by atoms with van der Waals surface area (Å²) in [6.07, 6.45) is 0. The maximum atomic E-state index is 12.3. The number of anilines is 2. The number of aryl methyl sites for hydroxylation is 1. The molecule has 2 rings (SSSR count). The van der Waals surface area contributed by atoms with Crippen molar-refractivity contribution in [2.75, 3.05) is 30.3 Å². The Hall–Kier alpha value is -2.82. The van der Waals surface area contributed by atoms with Gasteiger partial charge in [-0.1, -0.05) is 12.1 Å². The molecule has 2 N–H and O–H groups in total. The van der Waals surface area contributed by atoms with Gasteiger partial charge in [-0.15, -0.1) is 0 Å². The van der Waals surface area contributed by atoms with E-state index in [0.29, 0.717) is 18.7 Å². The van der Waals surface area contributed by atoms with Gasteiger partial charge in [0, 0.05) is 30.0 Å². The Morgan fingerprint density at radius 3 is 2.24 bits per heavy atom. The molecule has 0 spiro atoms. The normalized spacial score (nSPS) is 10.2. The van der Waals surface area contributed by atoms with Crippen LogP contribution in [0.1, 0.15) is 29.8 Å². The molecule has 0 aliphatic rings. The minimum atomic E-state index is -0.117. The number of hydrogen-bond acceptors (Lipinski definition) is 3. The molecule has 0 aliphatic heterocycles. The molecule has 25 heavy (non-hydrogen) atoms. The fraction of sp³-hybridized carbons (Fsp3) is 0.300. The molecule has 0 aliphatic carbocycles. The Balaban J connectivity index is 1.89. The lowest BCUT2D eigenvalue weighted by Gasteiger charge is -2.18. The van der Waals surface area contributed by atoms with Gasteiger partial charge in [0.15, 0.2) is 0 Å². The summed E-state index contributed by atoms with van der Waals surface area (Å²) in [7, 11) is 0. The summed E-state index contributed by atoms with van der Waals surface area (Å²) < 4.78 is 0. The van der Waals surface area contributed by atoms with Crippen molar-refractivity contribution < 1.29 is 9.59 Å². The van der Waals surface area contributed by atoms with E-state index < -0.39 is 0 Å². The summed E-state index contributed by atoms with van der Waals surface area (Å²) in [5.41, 5.74) is 3.33. The molecule has 5 nitrogen and oxygen atoms in total. The minimum absolute atomic E-state index is 0.0220. The summed E-state index contributed by atoms with van der Waals surface area (Å²) in [4.78, 5) is 26.0. The van der Waals surface area contributed by atoms with E-state index in [-0.39, 0.29) is 18.4 Å². The van der Waals surface area contributed by atoms with Crippen LogP contribution in [-0.2, 0) is 4.79 Å². The first kappa shape index (κ1) is 18.5. The van der Waals surface area contributed by atoms with Gasteiger partial charge < -0.3 is 15.5 Å². The summed E-state index contributed by atoms with van der Waals surface area (Å²) >= 11 is 0. The number of amides is 2. The Morgan fingerprint density at radius 1 is 0.960 bits per heavy atom. The van der Waals surface area contributed by atoms with Crippen molar-refractivity contribution in [1.29, 1.82) is 0 Å². The van der Waals surface area contributed by atoms with Crippen LogP contribution in [0.5, 0.6) is 0 Å². The topological polar surface area (TPSA) is 61.4 Å². The summed E-state index contributed by atoms with van der Waals surface area (Å²) in [5.74, 6) is -0.0948. The predicted octanol–water partition coefficient (Wildman–Crippen LogP) is 3.53. The summed E-state index contributed by atoms with van der Waals surface area (Å²) in [6.45, 7) is 7.45. The monoisotopic (exact) mass is 339 g/mol. The van der Waals surface area contributed by atoms with Gasteiger partial charge in [-0.05, 0) is 62.7 Å². The van der Waals surface area contributed by atoms with Gasteiger partial charge in [-0.3, -0.25) is 9.59 Å². The standard InChI is InChI=1S/C20H25N3O2/c1-4-23(5-2)20(25)16-9-11-17(12-10-16)21-14-19(24)22-18-8-6-7-15(3)13-18/h6-13,21H,4-5,14H2,1-3H3,(H,22,24). The van der Waals surface area contributed by atoms with E-state index in [4.69, 9.17) is 0 Å². The Bertz CT molecular complexity index is 722. The Labute approximate surface area is 149 Å². The lowest BCUT2D eigenvalue weighted by molar-refractivity contribution is -0.114. The molecule has 0 saturated carbocycles. The number of nitrogens with zero attached hydrogens (tertiary/aromatic N) is 1. The average Bonchev–Trinajstić information content (AvgIpc) is 2.61. The first-order valence-corrected chi connectivity index (χ1v) is 8.53. The van der Waals surface area contributed by atoms with Crippen LogP contribution >= 0.6 is 0 Å². The van der Waals surface area contributed by atoms with Gasteiger partial charge in [0.05, 0.1) is 6.54 Å². The first-order chi connectivity index (χ1) is 12.0. The fourth-order valence-corrected chi connectivity index (χ4v) is 2.53. The number of nitrogens with one attached hydrogen (secondary N) is 2. The zero-order valence-corrected chi connectivity index (χ0v) is 15.0. The quantitative estimate of drug-likeness (QED) is 0.811. The zero-order chi connectivity index (χ0) is 18.2. The summed E-state index contributed by atoms with van der Waals surface area (Å²) in [6, 6.07) is 14.9. The Morgan fingerprint density at radius 2 is 1.64 bits per heavy atom. The number of hydrogen-bond donors (Lipinski definition) is 2. The molecule has 0 bridgehead atoms. The molecule has 2 aromatic rings. The van der Waals surface area contributed by atoms with Crippen LogP contribution in [0.15, 0.2) is 48.5 Å². The third kappa shape index (κ3) is 5.35.